The van der Waals surface area contributed by atoms with Crippen molar-refractivity contribution >= 4 is 44.3 Å². The summed E-state index contributed by atoms with van der Waals surface area (Å²) in [4.78, 5) is 7.71. The summed E-state index contributed by atoms with van der Waals surface area (Å²) in [5.74, 6) is 0.723. The summed E-state index contributed by atoms with van der Waals surface area (Å²) in [5, 5.41) is 0.641. The van der Waals surface area contributed by atoms with E-state index in [4.69, 9.17) is 17.3 Å². The Morgan fingerprint density at radius 3 is 2.78 bits per heavy atom. The van der Waals surface area contributed by atoms with Gasteiger partial charge < -0.3 is 10.7 Å². The summed E-state index contributed by atoms with van der Waals surface area (Å²) < 4.78 is 0.937. The SMILES string of the molecule is Nc1cccc2[nH]c(-c3ccc(Br)cc3Cl)nc12. The first-order valence-corrected chi connectivity index (χ1v) is 6.52. The van der Waals surface area contributed by atoms with Gasteiger partial charge in [0.15, 0.2) is 0 Å². The van der Waals surface area contributed by atoms with Crippen LogP contribution in [0.15, 0.2) is 40.9 Å². The number of halogens is 2. The van der Waals surface area contributed by atoms with Crippen molar-refractivity contribution in [3.8, 4) is 11.4 Å². The molecule has 0 aliphatic carbocycles. The molecule has 3 rings (SSSR count). The van der Waals surface area contributed by atoms with Crippen molar-refractivity contribution < 1.29 is 0 Å². The van der Waals surface area contributed by atoms with Crippen molar-refractivity contribution in [1.82, 2.24) is 9.97 Å². The van der Waals surface area contributed by atoms with Crippen molar-refractivity contribution in [2.75, 3.05) is 5.73 Å². The van der Waals surface area contributed by atoms with Crippen molar-refractivity contribution in [1.29, 1.82) is 0 Å². The zero-order valence-corrected chi connectivity index (χ0v) is 11.6. The number of nitrogens with one attached hydrogen (secondary N) is 1. The Morgan fingerprint density at radius 2 is 2.06 bits per heavy atom. The topological polar surface area (TPSA) is 54.7 Å². The largest absolute Gasteiger partial charge is 0.397 e. The summed E-state index contributed by atoms with van der Waals surface area (Å²) in [6.07, 6.45) is 0. The fraction of sp³-hybridized carbons (Fsp3) is 0. The van der Waals surface area contributed by atoms with E-state index >= 15 is 0 Å². The average Bonchev–Trinajstić information content (AvgIpc) is 2.74. The van der Waals surface area contributed by atoms with E-state index in [1.165, 1.54) is 0 Å². The predicted octanol–water partition coefficient (Wildman–Crippen LogP) is 4.23. The highest BCUT2D eigenvalue weighted by Crippen LogP contribution is 2.30. The Morgan fingerprint density at radius 1 is 1.22 bits per heavy atom. The quantitative estimate of drug-likeness (QED) is 0.659. The highest BCUT2D eigenvalue weighted by Gasteiger charge is 2.10. The lowest BCUT2D eigenvalue weighted by molar-refractivity contribution is 1.33. The maximum absolute atomic E-state index is 6.21. The zero-order chi connectivity index (χ0) is 12.7. The summed E-state index contributed by atoms with van der Waals surface area (Å²) in [6, 6.07) is 11.3. The summed E-state index contributed by atoms with van der Waals surface area (Å²) >= 11 is 9.59. The van der Waals surface area contributed by atoms with Gasteiger partial charge in [-0.2, -0.15) is 0 Å². The number of hydrogen-bond donors (Lipinski definition) is 2. The van der Waals surface area contributed by atoms with Gasteiger partial charge in [-0.15, -0.1) is 0 Å². The molecule has 2 aromatic carbocycles. The number of nitrogen functional groups attached to an aromatic ring is 1. The van der Waals surface area contributed by atoms with E-state index in [9.17, 15) is 0 Å². The number of aromatic nitrogens is 2. The van der Waals surface area contributed by atoms with Crippen LogP contribution >= 0.6 is 27.5 Å². The molecule has 3 aromatic rings. The number of benzene rings is 2. The highest BCUT2D eigenvalue weighted by atomic mass is 79.9. The second-order valence-corrected chi connectivity index (χ2v) is 5.28. The maximum atomic E-state index is 6.21. The molecule has 18 heavy (non-hydrogen) atoms. The molecule has 0 saturated carbocycles. The third-order valence-electron chi connectivity index (χ3n) is 2.73. The van der Waals surface area contributed by atoms with E-state index in [0.717, 1.165) is 26.9 Å². The minimum absolute atomic E-state index is 0.641. The van der Waals surface area contributed by atoms with Crippen LogP contribution in [0, 0.1) is 0 Å². The average molecular weight is 323 g/mol. The Balaban J connectivity index is 2.23. The fourth-order valence-corrected chi connectivity index (χ4v) is 2.63. The van der Waals surface area contributed by atoms with Crippen LogP contribution in [-0.4, -0.2) is 9.97 Å². The van der Waals surface area contributed by atoms with Gasteiger partial charge in [-0.25, -0.2) is 4.98 Å². The number of rotatable bonds is 1. The Bertz CT molecular complexity index is 736. The van der Waals surface area contributed by atoms with E-state index < -0.39 is 0 Å². The number of aromatic amines is 1. The lowest BCUT2D eigenvalue weighted by atomic mass is 10.2. The van der Waals surface area contributed by atoms with E-state index in [-0.39, 0.29) is 0 Å². The molecule has 3 N–H and O–H groups in total. The molecule has 0 saturated heterocycles. The van der Waals surface area contributed by atoms with Gasteiger partial charge in [0.25, 0.3) is 0 Å². The number of imidazole rings is 1. The zero-order valence-electron chi connectivity index (χ0n) is 9.24. The van der Waals surface area contributed by atoms with Gasteiger partial charge in [-0.1, -0.05) is 33.6 Å². The van der Waals surface area contributed by atoms with Gasteiger partial charge in [0, 0.05) is 10.0 Å². The van der Waals surface area contributed by atoms with Crippen molar-refractivity contribution in [3.63, 3.8) is 0 Å². The smallest absolute Gasteiger partial charge is 0.140 e. The van der Waals surface area contributed by atoms with Crippen LogP contribution in [0.2, 0.25) is 5.02 Å². The first-order chi connectivity index (χ1) is 8.65. The number of fused-ring (bicyclic) bond motifs is 1. The van der Waals surface area contributed by atoms with Gasteiger partial charge >= 0.3 is 0 Å². The van der Waals surface area contributed by atoms with Crippen LogP contribution < -0.4 is 5.73 Å². The van der Waals surface area contributed by atoms with Gasteiger partial charge in [0.1, 0.15) is 11.3 Å². The summed E-state index contributed by atoms with van der Waals surface area (Å²) in [7, 11) is 0. The van der Waals surface area contributed by atoms with E-state index in [1.54, 1.807) is 0 Å². The van der Waals surface area contributed by atoms with E-state index in [1.807, 2.05) is 36.4 Å². The molecule has 0 aliphatic rings. The van der Waals surface area contributed by atoms with Gasteiger partial charge in [0.2, 0.25) is 0 Å². The number of anilines is 1. The van der Waals surface area contributed by atoms with Gasteiger partial charge in [-0.3, -0.25) is 0 Å². The normalized spacial score (nSPS) is 11.0. The minimum atomic E-state index is 0.641. The summed E-state index contributed by atoms with van der Waals surface area (Å²) in [6.45, 7) is 0. The molecular weight excluding hydrogens is 314 g/mol. The number of H-pyrrole nitrogens is 1. The van der Waals surface area contributed by atoms with Gasteiger partial charge in [-0.05, 0) is 30.3 Å². The first kappa shape index (κ1) is 11.6. The van der Waals surface area contributed by atoms with Crippen LogP contribution in [0.25, 0.3) is 22.4 Å². The van der Waals surface area contributed by atoms with Crippen molar-refractivity contribution in [2.45, 2.75) is 0 Å². The molecule has 0 unspecified atom stereocenters. The molecule has 1 heterocycles. The highest BCUT2D eigenvalue weighted by molar-refractivity contribution is 9.10. The Hall–Kier alpha value is -1.52. The summed E-state index contributed by atoms with van der Waals surface area (Å²) in [5.41, 5.74) is 9.08. The number of nitrogens with zero attached hydrogens (tertiary/aromatic N) is 1. The maximum Gasteiger partial charge on any atom is 0.140 e. The molecule has 1 aromatic heterocycles. The monoisotopic (exact) mass is 321 g/mol. The second kappa shape index (κ2) is 4.30. The lowest BCUT2D eigenvalue weighted by Gasteiger charge is -2.00. The van der Waals surface area contributed by atoms with Crippen LogP contribution in [-0.2, 0) is 0 Å². The molecule has 0 bridgehead atoms. The minimum Gasteiger partial charge on any atom is -0.397 e. The third kappa shape index (κ3) is 1.87. The molecule has 0 atom stereocenters. The molecule has 0 amide bonds. The molecular formula is C13H9BrClN3. The molecule has 3 nitrogen and oxygen atoms in total. The van der Waals surface area contributed by atoms with Crippen LogP contribution in [0.1, 0.15) is 0 Å². The lowest BCUT2D eigenvalue weighted by Crippen LogP contribution is -1.85. The predicted molar refractivity (Wildman–Crippen MR) is 78.7 cm³/mol. The first-order valence-electron chi connectivity index (χ1n) is 5.35. The third-order valence-corrected chi connectivity index (χ3v) is 3.54. The Labute approximate surface area is 117 Å². The number of hydrogen-bond acceptors (Lipinski definition) is 2. The van der Waals surface area contributed by atoms with E-state index in [0.29, 0.717) is 10.7 Å². The van der Waals surface area contributed by atoms with E-state index in [2.05, 4.69) is 25.9 Å². The number of nitrogens with two attached hydrogens (primary N) is 1. The number of para-hydroxylation sites is 1. The van der Waals surface area contributed by atoms with Crippen molar-refractivity contribution in [3.05, 3.63) is 45.9 Å². The second-order valence-electron chi connectivity index (χ2n) is 3.95. The molecule has 0 aliphatic heterocycles. The fourth-order valence-electron chi connectivity index (χ4n) is 1.86. The van der Waals surface area contributed by atoms with Gasteiger partial charge in [0.05, 0.1) is 16.2 Å². The van der Waals surface area contributed by atoms with Crippen LogP contribution in [0.5, 0.6) is 0 Å². The standard InChI is InChI=1S/C13H9BrClN3/c14-7-4-5-8(9(15)6-7)13-17-11-3-1-2-10(16)12(11)18-13/h1-6H,16H2,(H,17,18). The van der Waals surface area contributed by atoms with Crippen LogP contribution in [0.4, 0.5) is 5.69 Å². The molecule has 0 fully saturated rings. The molecule has 90 valence electrons. The molecule has 0 radical (unpaired) electrons. The molecule has 0 spiro atoms. The van der Waals surface area contributed by atoms with Crippen molar-refractivity contribution in [2.24, 2.45) is 0 Å². The van der Waals surface area contributed by atoms with Crippen LogP contribution in [0.3, 0.4) is 0 Å². The Kier molecular flexibility index (Phi) is 2.76. The molecule has 5 heteroatoms.